The third-order valence-corrected chi connectivity index (χ3v) is 4.68. The smallest absolute Gasteiger partial charge is 0.293 e. The molecule has 0 aromatic heterocycles. The molecule has 1 atom stereocenters. The number of hydrogen-bond acceptors (Lipinski definition) is 4. The predicted octanol–water partition coefficient (Wildman–Crippen LogP) is 2.32. The fourth-order valence-electron chi connectivity index (χ4n) is 2.84. The topological polar surface area (TPSA) is 80.7 Å². The van der Waals surface area contributed by atoms with Crippen LogP contribution in [-0.2, 0) is 26.3 Å². The first-order valence-electron chi connectivity index (χ1n) is 6.26. The Morgan fingerprint density at radius 2 is 1.81 bits per heavy atom. The third-order valence-electron chi connectivity index (χ3n) is 3.60. The average molecular weight is 304 g/mol. The number of benzene rings is 2. The van der Waals surface area contributed by atoms with Crippen molar-refractivity contribution in [3.8, 4) is 11.1 Å². The van der Waals surface area contributed by atoms with Crippen molar-refractivity contribution in [2.45, 2.75) is 11.9 Å². The molecule has 1 N–H and O–H groups in total. The lowest BCUT2D eigenvalue weighted by atomic mass is 10.0. The van der Waals surface area contributed by atoms with Crippen LogP contribution in [-0.4, -0.2) is 19.4 Å². The Morgan fingerprint density at radius 3 is 2.52 bits per heavy atom. The van der Waals surface area contributed by atoms with E-state index in [0.29, 0.717) is 23.2 Å². The van der Waals surface area contributed by atoms with Crippen molar-refractivity contribution in [2.24, 2.45) is 0 Å². The second-order valence-corrected chi connectivity index (χ2v) is 6.27. The zero-order chi connectivity index (χ0) is 15.0. The van der Waals surface area contributed by atoms with Gasteiger partial charge in [-0.2, -0.15) is 8.42 Å². The molecule has 0 heterocycles. The predicted molar refractivity (Wildman–Crippen MR) is 76.1 cm³/mol. The molecule has 0 aliphatic heterocycles. The largest absolute Gasteiger partial charge is 0.463 e. The van der Waals surface area contributed by atoms with Crippen LogP contribution < -0.4 is 0 Å². The SMILES string of the molecule is O=COCc1cccc2c1C(S(=O)(=O)O)c1ccccc1-2. The van der Waals surface area contributed by atoms with E-state index >= 15 is 0 Å². The summed E-state index contributed by atoms with van der Waals surface area (Å²) in [4.78, 5) is 10.4. The number of rotatable bonds is 4. The molecule has 2 aromatic carbocycles. The molecule has 0 amide bonds. The van der Waals surface area contributed by atoms with Gasteiger partial charge in [0.1, 0.15) is 11.9 Å². The van der Waals surface area contributed by atoms with Gasteiger partial charge in [-0.15, -0.1) is 0 Å². The molecule has 2 aromatic rings. The van der Waals surface area contributed by atoms with Gasteiger partial charge in [0.25, 0.3) is 16.6 Å². The van der Waals surface area contributed by atoms with Crippen LogP contribution in [0, 0.1) is 0 Å². The summed E-state index contributed by atoms with van der Waals surface area (Å²) < 4.78 is 38.0. The van der Waals surface area contributed by atoms with E-state index in [9.17, 15) is 17.8 Å². The van der Waals surface area contributed by atoms with Crippen LogP contribution in [0.5, 0.6) is 0 Å². The van der Waals surface area contributed by atoms with Gasteiger partial charge >= 0.3 is 0 Å². The normalized spacial score (nSPS) is 16.1. The van der Waals surface area contributed by atoms with E-state index < -0.39 is 15.4 Å². The molecule has 0 fully saturated rings. The van der Waals surface area contributed by atoms with Gasteiger partial charge in [-0.1, -0.05) is 42.5 Å². The molecule has 1 unspecified atom stereocenters. The lowest BCUT2D eigenvalue weighted by Gasteiger charge is -2.13. The third kappa shape index (κ3) is 2.22. The molecule has 5 nitrogen and oxygen atoms in total. The lowest BCUT2D eigenvalue weighted by Crippen LogP contribution is -2.13. The van der Waals surface area contributed by atoms with Crippen LogP contribution in [0.15, 0.2) is 42.5 Å². The number of carbonyl (C=O) groups is 1. The highest BCUT2D eigenvalue weighted by molar-refractivity contribution is 7.86. The van der Waals surface area contributed by atoms with Crippen molar-refractivity contribution in [1.82, 2.24) is 0 Å². The molecule has 21 heavy (non-hydrogen) atoms. The van der Waals surface area contributed by atoms with E-state index in [0.717, 1.165) is 11.1 Å². The van der Waals surface area contributed by atoms with Crippen molar-refractivity contribution >= 4 is 16.6 Å². The standard InChI is InChI=1S/C15H12O5S/c16-9-20-8-10-4-3-7-12-11-5-1-2-6-13(11)15(14(10)12)21(17,18)19/h1-7,9,15H,8H2,(H,17,18,19). The Balaban J connectivity index is 2.28. The Kier molecular flexibility index (Phi) is 3.27. The molecular weight excluding hydrogens is 292 g/mol. The maximum absolute atomic E-state index is 11.8. The minimum atomic E-state index is -4.32. The molecular formula is C15H12O5S. The molecule has 0 radical (unpaired) electrons. The van der Waals surface area contributed by atoms with Crippen molar-refractivity contribution < 1.29 is 22.5 Å². The highest BCUT2D eigenvalue weighted by atomic mass is 32.2. The van der Waals surface area contributed by atoms with Gasteiger partial charge in [-0.3, -0.25) is 9.35 Å². The first kappa shape index (κ1) is 13.8. The fourth-order valence-corrected chi connectivity index (χ4v) is 3.95. The van der Waals surface area contributed by atoms with Gasteiger partial charge in [-0.05, 0) is 27.8 Å². The van der Waals surface area contributed by atoms with Crippen molar-refractivity contribution in [3.05, 3.63) is 59.2 Å². The Morgan fingerprint density at radius 1 is 1.10 bits per heavy atom. The van der Waals surface area contributed by atoms with E-state index in [1.807, 2.05) is 12.1 Å². The number of hydrogen-bond donors (Lipinski definition) is 1. The average Bonchev–Trinajstić information content (AvgIpc) is 2.80. The summed E-state index contributed by atoms with van der Waals surface area (Å²) in [6, 6.07) is 12.3. The van der Waals surface area contributed by atoms with Gasteiger partial charge in [0.2, 0.25) is 0 Å². The lowest BCUT2D eigenvalue weighted by molar-refractivity contribution is -0.129. The number of ether oxygens (including phenoxy) is 1. The summed E-state index contributed by atoms with van der Waals surface area (Å²) >= 11 is 0. The van der Waals surface area contributed by atoms with E-state index in [1.165, 1.54) is 0 Å². The first-order chi connectivity index (χ1) is 10.0. The maximum Gasteiger partial charge on any atom is 0.293 e. The Hall–Kier alpha value is -2.18. The molecule has 108 valence electrons. The minimum absolute atomic E-state index is 0.0350. The number of carbonyl (C=O) groups excluding carboxylic acids is 1. The quantitative estimate of drug-likeness (QED) is 0.692. The van der Waals surface area contributed by atoms with Crippen molar-refractivity contribution in [2.75, 3.05) is 0 Å². The Bertz CT molecular complexity index is 811. The monoisotopic (exact) mass is 304 g/mol. The molecule has 0 saturated heterocycles. The van der Waals surface area contributed by atoms with Crippen molar-refractivity contribution in [1.29, 1.82) is 0 Å². The highest BCUT2D eigenvalue weighted by Gasteiger charge is 2.38. The summed E-state index contributed by atoms with van der Waals surface area (Å²) in [5.41, 5.74) is 3.08. The summed E-state index contributed by atoms with van der Waals surface area (Å²) in [5, 5.41) is -1.14. The van der Waals surface area contributed by atoms with Gasteiger partial charge in [0.05, 0.1) is 0 Å². The van der Waals surface area contributed by atoms with Crippen LogP contribution in [0.2, 0.25) is 0 Å². The van der Waals surface area contributed by atoms with E-state index in [2.05, 4.69) is 0 Å². The van der Waals surface area contributed by atoms with Crippen LogP contribution >= 0.6 is 0 Å². The van der Waals surface area contributed by atoms with Crippen LogP contribution in [0.25, 0.3) is 11.1 Å². The summed E-state index contributed by atoms with van der Waals surface area (Å²) in [6.07, 6.45) is 0. The van der Waals surface area contributed by atoms with Crippen LogP contribution in [0.1, 0.15) is 21.9 Å². The molecule has 0 bridgehead atoms. The van der Waals surface area contributed by atoms with Gasteiger partial charge in [0, 0.05) is 0 Å². The molecule has 3 rings (SSSR count). The molecule has 0 spiro atoms. The minimum Gasteiger partial charge on any atom is -0.463 e. The fraction of sp³-hybridized carbons (Fsp3) is 0.133. The second kappa shape index (κ2) is 4.98. The van der Waals surface area contributed by atoms with Gasteiger partial charge in [0.15, 0.2) is 0 Å². The zero-order valence-corrected chi connectivity index (χ0v) is 11.7. The molecule has 0 saturated carbocycles. The first-order valence-corrected chi connectivity index (χ1v) is 7.77. The van der Waals surface area contributed by atoms with E-state index in [-0.39, 0.29) is 6.61 Å². The molecule has 1 aliphatic carbocycles. The second-order valence-electron chi connectivity index (χ2n) is 4.77. The Labute approximate surface area is 121 Å². The molecule has 6 heteroatoms. The van der Waals surface area contributed by atoms with E-state index in [1.54, 1.807) is 30.3 Å². The van der Waals surface area contributed by atoms with E-state index in [4.69, 9.17) is 4.74 Å². The van der Waals surface area contributed by atoms with Crippen molar-refractivity contribution in [3.63, 3.8) is 0 Å². The summed E-state index contributed by atoms with van der Waals surface area (Å²) in [7, 11) is -4.32. The van der Waals surface area contributed by atoms with Crippen LogP contribution in [0.4, 0.5) is 0 Å². The number of fused-ring (bicyclic) bond motifs is 3. The zero-order valence-electron chi connectivity index (χ0n) is 10.9. The molecule has 1 aliphatic rings. The van der Waals surface area contributed by atoms with Crippen LogP contribution in [0.3, 0.4) is 0 Å². The maximum atomic E-state index is 11.8. The van der Waals surface area contributed by atoms with Gasteiger partial charge in [-0.25, -0.2) is 0 Å². The van der Waals surface area contributed by atoms with Gasteiger partial charge < -0.3 is 4.74 Å². The highest BCUT2D eigenvalue weighted by Crippen LogP contribution is 2.48. The summed E-state index contributed by atoms with van der Waals surface area (Å²) in [5.74, 6) is 0. The summed E-state index contributed by atoms with van der Waals surface area (Å²) in [6.45, 7) is 0.274.